The van der Waals surface area contributed by atoms with Crippen LogP contribution in [0.5, 0.6) is 0 Å². The first-order chi connectivity index (χ1) is 26.8. The molecule has 0 unspecified atom stereocenters. The largest absolute Gasteiger partial charge is 0.309 e. The number of hydrogen-bond acceptors (Lipinski definition) is 2. The number of thiophene rings is 1. The van der Waals surface area contributed by atoms with Crippen molar-refractivity contribution in [2.75, 3.05) is 4.90 Å². The lowest BCUT2D eigenvalue weighted by atomic mass is 9.62. The molecule has 0 saturated heterocycles. The predicted molar refractivity (Wildman–Crippen MR) is 229 cm³/mol. The highest BCUT2D eigenvalue weighted by Gasteiger charge is 2.46. The minimum absolute atomic E-state index is 0.508. The highest BCUT2D eigenvalue weighted by molar-refractivity contribution is 7.27. The molecule has 252 valence electrons. The first kappa shape index (κ1) is 30.0. The van der Waals surface area contributed by atoms with Crippen molar-refractivity contribution in [3.8, 4) is 11.1 Å². The fraction of sp³-hybridized carbons (Fsp3) is 0.0385. The molecule has 12 rings (SSSR count). The van der Waals surface area contributed by atoms with Crippen molar-refractivity contribution >= 4 is 70.1 Å². The zero-order valence-corrected chi connectivity index (χ0v) is 30.3. The van der Waals surface area contributed by atoms with E-state index in [1.807, 2.05) is 11.3 Å². The van der Waals surface area contributed by atoms with Gasteiger partial charge in [-0.15, -0.1) is 11.3 Å². The molecule has 0 N–H and O–H groups in total. The van der Waals surface area contributed by atoms with Gasteiger partial charge in [-0.05, 0) is 85.3 Å². The van der Waals surface area contributed by atoms with Gasteiger partial charge in [-0.3, -0.25) is 0 Å². The molecule has 1 nitrogen and oxygen atoms in total. The molecule has 0 fully saturated rings. The van der Waals surface area contributed by atoms with E-state index in [9.17, 15) is 0 Å². The first-order valence-electron chi connectivity index (χ1n) is 18.8. The van der Waals surface area contributed by atoms with Crippen LogP contribution in [0.1, 0.15) is 33.4 Å². The molecule has 2 aliphatic rings. The van der Waals surface area contributed by atoms with Gasteiger partial charge in [-0.1, -0.05) is 170 Å². The standard InChI is InChI=1S/C52H33NS/c1-3-18-35(19-4-1)52(36-20-5-2-6-21-36)42-25-11-13-27-44(42)53(45-28-14-12-26-43(45)52)46-29-15-24-39-41-32-34-17-8-9-22-37(34)47(41)49-40-31-30-33-16-7-10-23-38(33)50(40)54-51(49)48(39)46/h1-31H,32H2. The Morgan fingerprint density at radius 3 is 1.76 bits per heavy atom. The molecular formula is C52H33NS. The average molecular weight is 704 g/mol. The number of hydrogen-bond donors (Lipinski definition) is 0. The molecule has 0 radical (unpaired) electrons. The van der Waals surface area contributed by atoms with Gasteiger partial charge in [0, 0.05) is 25.6 Å². The molecule has 0 atom stereocenters. The Morgan fingerprint density at radius 2 is 1.02 bits per heavy atom. The van der Waals surface area contributed by atoms with Crippen molar-refractivity contribution < 1.29 is 0 Å². The second kappa shape index (κ2) is 11.3. The Bertz CT molecular complexity index is 3050. The van der Waals surface area contributed by atoms with Gasteiger partial charge in [0.1, 0.15) is 0 Å². The first-order valence-corrected chi connectivity index (χ1v) is 19.6. The number of fused-ring (bicyclic) bond motifs is 14. The molecule has 54 heavy (non-hydrogen) atoms. The predicted octanol–water partition coefficient (Wildman–Crippen LogP) is 14.1. The summed E-state index contributed by atoms with van der Waals surface area (Å²) in [4.78, 5) is 2.58. The van der Waals surface area contributed by atoms with Crippen molar-refractivity contribution in [2.24, 2.45) is 0 Å². The zero-order chi connectivity index (χ0) is 35.4. The molecule has 1 aliphatic carbocycles. The van der Waals surface area contributed by atoms with E-state index < -0.39 is 5.41 Å². The summed E-state index contributed by atoms with van der Waals surface area (Å²) in [6, 6.07) is 70.1. The molecule has 10 aromatic rings. The van der Waals surface area contributed by atoms with Gasteiger partial charge in [0.05, 0.1) is 22.5 Å². The molecule has 2 heterocycles. The Hall–Kier alpha value is -6.48. The van der Waals surface area contributed by atoms with Crippen molar-refractivity contribution in [3.05, 3.63) is 221 Å². The maximum atomic E-state index is 2.58. The third kappa shape index (κ3) is 3.88. The summed E-state index contributed by atoms with van der Waals surface area (Å²) >= 11 is 1.97. The molecule has 2 heteroatoms. The van der Waals surface area contributed by atoms with Gasteiger partial charge < -0.3 is 4.90 Å². The van der Waals surface area contributed by atoms with Crippen LogP contribution < -0.4 is 4.90 Å². The summed E-state index contributed by atoms with van der Waals surface area (Å²) in [6.45, 7) is 0. The maximum absolute atomic E-state index is 2.58. The molecule has 0 saturated carbocycles. The van der Waals surface area contributed by atoms with Crippen LogP contribution in [-0.4, -0.2) is 0 Å². The van der Waals surface area contributed by atoms with E-state index in [1.165, 1.54) is 103 Å². The lowest BCUT2D eigenvalue weighted by molar-refractivity contribution is 0.731. The summed E-state index contributed by atoms with van der Waals surface area (Å²) in [6.07, 6.45) is 0.935. The quantitative estimate of drug-likeness (QED) is 0.177. The summed E-state index contributed by atoms with van der Waals surface area (Å²) < 4.78 is 2.73. The van der Waals surface area contributed by atoms with E-state index in [0.29, 0.717) is 0 Å². The summed E-state index contributed by atoms with van der Waals surface area (Å²) in [5.74, 6) is 0. The molecular weight excluding hydrogens is 671 g/mol. The topological polar surface area (TPSA) is 3.24 Å². The Balaban J connectivity index is 1.24. The van der Waals surface area contributed by atoms with Crippen LogP contribution in [0.3, 0.4) is 0 Å². The van der Waals surface area contributed by atoms with Crippen molar-refractivity contribution in [1.29, 1.82) is 0 Å². The monoisotopic (exact) mass is 703 g/mol. The van der Waals surface area contributed by atoms with Crippen LogP contribution in [-0.2, 0) is 11.8 Å². The van der Waals surface area contributed by atoms with Crippen LogP contribution in [0.25, 0.3) is 52.8 Å². The number of nitrogens with zero attached hydrogens (tertiary/aromatic N) is 1. The summed E-state index contributed by atoms with van der Waals surface area (Å²) in [5, 5.41) is 8.04. The second-order valence-electron chi connectivity index (χ2n) is 14.7. The molecule has 0 spiro atoms. The van der Waals surface area contributed by atoms with Gasteiger partial charge in [0.15, 0.2) is 0 Å². The smallest absolute Gasteiger partial charge is 0.0742 e. The maximum Gasteiger partial charge on any atom is 0.0742 e. The fourth-order valence-corrected chi connectivity index (χ4v) is 11.4. The highest BCUT2D eigenvalue weighted by Crippen LogP contribution is 2.60. The summed E-state index contributed by atoms with van der Waals surface area (Å²) in [7, 11) is 0. The van der Waals surface area contributed by atoms with Gasteiger partial charge in [-0.25, -0.2) is 0 Å². The van der Waals surface area contributed by atoms with Crippen molar-refractivity contribution in [1.82, 2.24) is 0 Å². The molecule has 9 aromatic carbocycles. The van der Waals surface area contributed by atoms with E-state index in [2.05, 4.69) is 193 Å². The van der Waals surface area contributed by atoms with Crippen LogP contribution in [0.2, 0.25) is 0 Å². The highest BCUT2D eigenvalue weighted by atomic mass is 32.1. The number of rotatable bonds is 3. The van der Waals surface area contributed by atoms with Crippen LogP contribution in [0, 0.1) is 0 Å². The normalized spacial score (nSPS) is 14.0. The Kier molecular flexibility index (Phi) is 6.26. The molecule has 1 aliphatic heterocycles. The molecule has 1 aromatic heterocycles. The lowest BCUT2D eigenvalue weighted by Gasteiger charge is -2.46. The second-order valence-corrected chi connectivity index (χ2v) is 15.7. The minimum Gasteiger partial charge on any atom is -0.309 e. The molecule has 0 amide bonds. The van der Waals surface area contributed by atoms with Gasteiger partial charge in [0.2, 0.25) is 0 Å². The Labute approximate surface area is 318 Å². The van der Waals surface area contributed by atoms with Gasteiger partial charge >= 0.3 is 0 Å². The van der Waals surface area contributed by atoms with Crippen LogP contribution in [0.4, 0.5) is 17.1 Å². The lowest BCUT2D eigenvalue weighted by Crippen LogP contribution is -2.37. The average Bonchev–Trinajstić information content (AvgIpc) is 3.83. The van der Waals surface area contributed by atoms with E-state index >= 15 is 0 Å². The Morgan fingerprint density at radius 1 is 0.426 bits per heavy atom. The molecule has 0 bridgehead atoms. The number of benzene rings is 9. The third-order valence-electron chi connectivity index (χ3n) is 12.1. The van der Waals surface area contributed by atoms with E-state index in [-0.39, 0.29) is 0 Å². The fourth-order valence-electron chi connectivity index (χ4n) is 10.0. The van der Waals surface area contributed by atoms with E-state index in [0.717, 1.165) is 6.42 Å². The third-order valence-corrected chi connectivity index (χ3v) is 13.4. The SMILES string of the molecule is c1ccc(C2(c3ccccc3)c3ccccc3N(c3cccc4c5c(c6c7ccc8ccccc8c7sc6c34)-c3ccccc3C5)c3ccccc32)cc1. The number of anilines is 3. The van der Waals surface area contributed by atoms with E-state index in [4.69, 9.17) is 0 Å². The van der Waals surface area contributed by atoms with Crippen LogP contribution >= 0.6 is 11.3 Å². The van der Waals surface area contributed by atoms with Gasteiger partial charge in [-0.2, -0.15) is 0 Å². The zero-order valence-electron chi connectivity index (χ0n) is 29.5. The number of para-hydroxylation sites is 2. The van der Waals surface area contributed by atoms with Crippen molar-refractivity contribution in [2.45, 2.75) is 11.8 Å². The van der Waals surface area contributed by atoms with Gasteiger partial charge in [0.25, 0.3) is 0 Å². The van der Waals surface area contributed by atoms with E-state index in [1.54, 1.807) is 0 Å². The summed E-state index contributed by atoms with van der Waals surface area (Å²) in [5.41, 5.74) is 13.9. The van der Waals surface area contributed by atoms with Crippen molar-refractivity contribution in [3.63, 3.8) is 0 Å². The minimum atomic E-state index is -0.508. The van der Waals surface area contributed by atoms with Crippen LogP contribution in [0.15, 0.2) is 188 Å².